The Hall–Kier alpha value is -1.54. The number of halogens is 1. The minimum absolute atomic E-state index is 0.0826. The number of amides is 1. The summed E-state index contributed by atoms with van der Waals surface area (Å²) in [5, 5.41) is 3.49. The van der Waals surface area contributed by atoms with E-state index in [0.717, 1.165) is 5.56 Å². The lowest BCUT2D eigenvalue weighted by molar-refractivity contribution is -0.116. The Kier molecular flexibility index (Phi) is 5.50. The highest BCUT2D eigenvalue weighted by molar-refractivity contribution is 6.30. The summed E-state index contributed by atoms with van der Waals surface area (Å²) < 4.78 is 0. The molecule has 0 aliphatic heterocycles. The molecular formula is C14H16ClNO. The van der Waals surface area contributed by atoms with Gasteiger partial charge in [-0.3, -0.25) is 4.79 Å². The second-order valence-electron chi connectivity index (χ2n) is 3.93. The second-order valence-corrected chi connectivity index (χ2v) is 4.37. The van der Waals surface area contributed by atoms with Crippen molar-refractivity contribution < 1.29 is 4.79 Å². The van der Waals surface area contributed by atoms with Crippen LogP contribution in [0.5, 0.6) is 0 Å². The number of nitrogens with one attached hydrogen (secondary N) is 1. The maximum absolute atomic E-state index is 11.3. The fourth-order valence-electron chi connectivity index (χ4n) is 1.22. The van der Waals surface area contributed by atoms with Gasteiger partial charge in [-0.1, -0.05) is 42.0 Å². The summed E-state index contributed by atoms with van der Waals surface area (Å²) in [7, 11) is 0. The molecular weight excluding hydrogens is 234 g/mol. The highest BCUT2D eigenvalue weighted by Crippen LogP contribution is 2.10. The number of rotatable bonds is 4. The first-order chi connectivity index (χ1) is 8.08. The molecule has 0 saturated heterocycles. The zero-order chi connectivity index (χ0) is 12.7. The SMILES string of the molecule is CC(C)NC(=O)C=CC=Cc1ccc(Cl)cc1. The van der Waals surface area contributed by atoms with Gasteiger partial charge in [-0.2, -0.15) is 0 Å². The quantitative estimate of drug-likeness (QED) is 0.643. The van der Waals surface area contributed by atoms with E-state index in [-0.39, 0.29) is 11.9 Å². The molecule has 1 rings (SSSR count). The van der Waals surface area contributed by atoms with Crippen molar-refractivity contribution in [1.29, 1.82) is 0 Å². The molecule has 1 aromatic carbocycles. The summed E-state index contributed by atoms with van der Waals surface area (Å²) in [6, 6.07) is 7.65. The first-order valence-electron chi connectivity index (χ1n) is 5.49. The summed E-state index contributed by atoms with van der Waals surface area (Å²) in [6.45, 7) is 3.85. The van der Waals surface area contributed by atoms with Gasteiger partial charge in [0.2, 0.25) is 5.91 Å². The third-order valence-corrected chi connectivity index (χ3v) is 2.20. The molecule has 0 bridgehead atoms. The van der Waals surface area contributed by atoms with Crippen LogP contribution in [0.4, 0.5) is 0 Å². The van der Waals surface area contributed by atoms with Crippen molar-refractivity contribution in [3.8, 4) is 0 Å². The average molecular weight is 250 g/mol. The topological polar surface area (TPSA) is 29.1 Å². The van der Waals surface area contributed by atoms with Crippen LogP contribution in [0.15, 0.2) is 42.5 Å². The van der Waals surface area contributed by atoms with Gasteiger partial charge in [0.1, 0.15) is 0 Å². The van der Waals surface area contributed by atoms with Crippen LogP contribution in [0.2, 0.25) is 5.02 Å². The standard InChI is InChI=1S/C14H16ClNO/c1-11(2)16-14(17)6-4-3-5-12-7-9-13(15)10-8-12/h3-11H,1-2H3,(H,16,17). The summed E-state index contributed by atoms with van der Waals surface area (Å²) in [6.07, 6.45) is 6.96. The van der Waals surface area contributed by atoms with Gasteiger partial charge in [0.15, 0.2) is 0 Å². The lowest BCUT2D eigenvalue weighted by atomic mass is 10.2. The van der Waals surface area contributed by atoms with E-state index in [2.05, 4.69) is 5.32 Å². The molecule has 0 aliphatic rings. The summed E-state index contributed by atoms with van der Waals surface area (Å²) >= 11 is 5.77. The summed E-state index contributed by atoms with van der Waals surface area (Å²) in [5.74, 6) is -0.0826. The average Bonchev–Trinajstić information content (AvgIpc) is 2.26. The molecule has 0 aliphatic carbocycles. The number of carbonyl (C=O) groups is 1. The monoisotopic (exact) mass is 249 g/mol. The van der Waals surface area contributed by atoms with Crippen LogP contribution in [-0.2, 0) is 4.79 Å². The Bertz CT molecular complexity index is 418. The van der Waals surface area contributed by atoms with Gasteiger partial charge >= 0.3 is 0 Å². The zero-order valence-corrected chi connectivity index (χ0v) is 10.7. The van der Waals surface area contributed by atoms with Crippen molar-refractivity contribution in [2.45, 2.75) is 19.9 Å². The van der Waals surface area contributed by atoms with Crippen LogP contribution in [0.3, 0.4) is 0 Å². The Balaban J connectivity index is 2.47. The predicted octanol–water partition coefficient (Wildman–Crippen LogP) is 3.43. The van der Waals surface area contributed by atoms with Gasteiger partial charge in [0.05, 0.1) is 0 Å². The Morgan fingerprint density at radius 3 is 2.47 bits per heavy atom. The van der Waals surface area contributed by atoms with Crippen LogP contribution in [0.25, 0.3) is 6.08 Å². The third-order valence-electron chi connectivity index (χ3n) is 1.95. The molecule has 0 saturated carbocycles. The smallest absolute Gasteiger partial charge is 0.244 e. The summed E-state index contributed by atoms with van der Waals surface area (Å²) in [4.78, 5) is 11.3. The zero-order valence-electron chi connectivity index (χ0n) is 9.98. The van der Waals surface area contributed by atoms with Gasteiger partial charge in [-0.05, 0) is 31.5 Å². The molecule has 3 heteroatoms. The van der Waals surface area contributed by atoms with E-state index in [1.54, 1.807) is 6.08 Å². The predicted molar refractivity (Wildman–Crippen MR) is 72.9 cm³/mol. The van der Waals surface area contributed by atoms with E-state index in [9.17, 15) is 4.79 Å². The molecule has 0 spiro atoms. The molecule has 2 nitrogen and oxygen atoms in total. The molecule has 0 aromatic heterocycles. The van der Waals surface area contributed by atoms with E-state index in [1.807, 2.05) is 50.3 Å². The number of allylic oxidation sites excluding steroid dienone is 2. The van der Waals surface area contributed by atoms with E-state index in [0.29, 0.717) is 5.02 Å². The maximum atomic E-state index is 11.3. The first kappa shape index (κ1) is 13.5. The van der Waals surface area contributed by atoms with Gasteiger partial charge in [0, 0.05) is 17.1 Å². The lowest BCUT2D eigenvalue weighted by Crippen LogP contribution is -2.28. The fraction of sp³-hybridized carbons (Fsp3) is 0.214. The minimum atomic E-state index is -0.0826. The van der Waals surface area contributed by atoms with Crippen molar-refractivity contribution in [2.75, 3.05) is 0 Å². The second kappa shape index (κ2) is 6.92. The first-order valence-corrected chi connectivity index (χ1v) is 5.86. The van der Waals surface area contributed by atoms with Crippen LogP contribution in [0.1, 0.15) is 19.4 Å². The van der Waals surface area contributed by atoms with Crippen LogP contribution in [-0.4, -0.2) is 11.9 Å². The van der Waals surface area contributed by atoms with Gasteiger partial charge < -0.3 is 5.32 Å². The molecule has 0 atom stereocenters. The van der Waals surface area contributed by atoms with Crippen molar-refractivity contribution in [3.05, 3.63) is 53.1 Å². The number of benzene rings is 1. The number of hydrogen-bond acceptors (Lipinski definition) is 1. The van der Waals surface area contributed by atoms with Gasteiger partial charge in [-0.15, -0.1) is 0 Å². The van der Waals surface area contributed by atoms with E-state index < -0.39 is 0 Å². The minimum Gasteiger partial charge on any atom is -0.350 e. The van der Waals surface area contributed by atoms with Gasteiger partial charge in [0.25, 0.3) is 0 Å². The Labute approximate surface area is 107 Å². The largest absolute Gasteiger partial charge is 0.350 e. The molecule has 1 N–H and O–H groups in total. The van der Waals surface area contributed by atoms with E-state index in [1.165, 1.54) is 6.08 Å². The molecule has 0 radical (unpaired) electrons. The highest BCUT2D eigenvalue weighted by Gasteiger charge is 1.95. The molecule has 17 heavy (non-hydrogen) atoms. The Morgan fingerprint density at radius 2 is 1.88 bits per heavy atom. The molecule has 0 heterocycles. The Morgan fingerprint density at radius 1 is 1.24 bits per heavy atom. The van der Waals surface area contributed by atoms with Crippen molar-refractivity contribution in [1.82, 2.24) is 5.32 Å². The number of carbonyl (C=O) groups excluding carboxylic acids is 1. The molecule has 0 unspecified atom stereocenters. The summed E-state index contributed by atoms with van der Waals surface area (Å²) in [5.41, 5.74) is 1.04. The molecule has 1 aromatic rings. The van der Waals surface area contributed by atoms with E-state index in [4.69, 9.17) is 11.6 Å². The van der Waals surface area contributed by atoms with Gasteiger partial charge in [-0.25, -0.2) is 0 Å². The van der Waals surface area contributed by atoms with Crippen molar-refractivity contribution in [3.63, 3.8) is 0 Å². The normalized spacial score (nSPS) is 11.5. The van der Waals surface area contributed by atoms with Crippen molar-refractivity contribution >= 4 is 23.6 Å². The van der Waals surface area contributed by atoms with Crippen molar-refractivity contribution in [2.24, 2.45) is 0 Å². The van der Waals surface area contributed by atoms with E-state index >= 15 is 0 Å². The number of hydrogen-bond donors (Lipinski definition) is 1. The molecule has 1 amide bonds. The molecule has 90 valence electrons. The third kappa shape index (κ3) is 5.93. The van der Waals surface area contributed by atoms with Crippen LogP contribution < -0.4 is 5.32 Å². The molecule has 0 fully saturated rings. The highest BCUT2D eigenvalue weighted by atomic mass is 35.5. The lowest BCUT2D eigenvalue weighted by Gasteiger charge is -2.03. The fourth-order valence-corrected chi connectivity index (χ4v) is 1.34. The maximum Gasteiger partial charge on any atom is 0.244 e. The van der Waals surface area contributed by atoms with Crippen LogP contribution in [0, 0.1) is 0 Å². The van der Waals surface area contributed by atoms with Crippen LogP contribution >= 0.6 is 11.6 Å².